The number of pyridine rings is 1. The summed E-state index contributed by atoms with van der Waals surface area (Å²) in [6.07, 6.45) is 1.87. The highest BCUT2D eigenvalue weighted by Gasteiger charge is 2.15. The van der Waals surface area contributed by atoms with Crippen molar-refractivity contribution in [3.63, 3.8) is 0 Å². The summed E-state index contributed by atoms with van der Waals surface area (Å²) in [5, 5.41) is 4.60. The molecular formula is C24H24FN3. The second kappa shape index (κ2) is 7.47. The Kier molecular flexibility index (Phi) is 4.86. The molecule has 0 spiro atoms. The lowest BCUT2D eigenvalue weighted by Gasteiger charge is -2.13. The summed E-state index contributed by atoms with van der Waals surface area (Å²) in [7, 11) is 0. The third-order valence-electron chi connectivity index (χ3n) is 5.39. The fourth-order valence-corrected chi connectivity index (χ4v) is 3.62. The van der Waals surface area contributed by atoms with Gasteiger partial charge in [0.15, 0.2) is 0 Å². The van der Waals surface area contributed by atoms with Crippen molar-refractivity contribution in [3.05, 3.63) is 94.7 Å². The van der Waals surface area contributed by atoms with Crippen LogP contribution in [0.4, 0.5) is 10.1 Å². The zero-order valence-corrected chi connectivity index (χ0v) is 16.5. The van der Waals surface area contributed by atoms with Crippen LogP contribution in [0, 0.1) is 26.6 Å². The first-order valence-electron chi connectivity index (χ1n) is 9.51. The van der Waals surface area contributed by atoms with Crippen molar-refractivity contribution in [1.29, 1.82) is 0 Å². The maximum absolute atomic E-state index is 13.1. The second-order valence-corrected chi connectivity index (χ2v) is 7.30. The molecule has 2 aromatic heterocycles. The summed E-state index contributed by atoms with van der Waals surface area (Å²) in [6, 6.07) is 17.2. The van der Waals surface area contributed by atoms with Crippen LogP contribution in [0.3, 0.4) is 0 Å². The quantitative estimate of drug-likeness (QED) is 0.482. The Morgan fingerprint density at radius 2 is 1.64 bits per heavy atom. The number of hydrogen-bond acceptors (Lipinski definition) is 2. The molecule has 4 heteroatoms. The number of fused-ring (bicyclic) bond motifs is 1. The van der Waals surface area contributed by atoms with Crippen LogP contribution in [0.2, 0.25) is 0 Å². The van der Waals surface area contributed by atoms with E-state index in [9.17, 15) is 4.39 Å². The van der Waals surface area contributed by atoms with Gasteiger partial charge in [-0.05, 0) is 62.2 Å². The number of nitrogens with one attached hydrogen (secondary N) is 1. The van der Waals surface area contributed by atoms with Gasteiger partial charge in [0.2, 0.25) is 0 Å². The summed E-state index contributed by atoms with van der Waals surface area (Å²) in [4.78, 5) is 4.65. The van der Waals surface area contributed by atoms with E-state index in [-0.39, 0.29) is 5.82 Å². The minimum absolute atomic E-state index is 0.232. The molecule has 142 valence electrons. The van der Waals surface area contributed by atoms with E-state index in [0.29, 0.717) is 6.54 Å². The van der Waals surface area contributed by atoms with E-state index in [1.807, 2.05) is 6.20 Å². The highest BCUT2D eigenvalue weighted by atomic mass is 19.1. The normalized spacial score (nSPS) is 11.1. The molecule has 0 saturated carbocycles. The Hall–Kier alpha value is -3.14. The van der Waals surface area contributed by atoms with Crippen LogP contribution in [-0.2, 0) is 13.1 Å². The van der Waals surface area contributed by atoms with E-state index in [0.717, 1.165) is 23.4 Å². The molecule has 0 aliphatic carbocycles. The van der Waals surface area contributed by atoms with Gasteiger partial charge in [0.1, 0.15) is 5.82 Å². The van der Waals surface area contributed by atoms with Crippen molar-refractivity contribution >= 4 is 16.6 Å². The van der Waals surface area contributed by atoms with Crippen LogP contribution in [-0.4, -0.2) is 9.55 Å². The monoisotopic (exact) mass is 373 g/mol. The van der Waals surface area contributed by atoms with Gasteiger partial charge >= 0.3 is 0 Å². The molecule has 0 atom stereocenters. The minimum atomic E-state index is -0.232. The zero-order valence-electron chi connectivity index (χ0n) is 16.5. The molecule has 0 aliphatic rings. The van der Waals surface area contributed by atoms with Gasteiger partial charge in [-0.3, -0.25) is 4.98 Å². The van der Waals surface area contributed by atoms with Gasteiger partial charge < -0.3 is 9.88 Å². The van der Waals surface area contributed by atoms with Gasteiger partial charge in [0.05, 0.1) is 17.8 Å². The molecular weight excluding hydrogens is 349 g/mol. The molecule has 0 unspecified atom stereocenters. The molecule has 0 amide bonds. The fourth-order valence-electron chi connectivity index (χ4n) is 3.62. The molecule has 0 saturated heterocycles. The Morgan fingerprint density at radius 3 is 2.36 bits per heavy atom. The molecule has 4 rings (SSSR count). The second-order valence-electron chi connectivity index (χ2n) is 7.30. The smallest absolute Gasteiger partial charge is 0.123 e. The largest absolute Gasteiger partial charge is 0.379 e. The van der Waals surface area contributed by atoms with Crippen LogP contribution < -0.4 is 5.32 Å². The van der Waals surface area contributed by atoms with Crippen molar-refractivity contribution in [3.8, 4) is 0 Å². The number of halogens is 1. The molecule has 0 fully saturated rings. The lowest BCUT2D eigenvalue weighted by Crippen LogP contribution is -2.07. The van der Waals surface area contributed by atoms with E-state index < -0.39 is 0 Å². The topological polar surface area (TPSA) is 29.9 Å². The van der Waals surface area contributed by atoms with Gasteiger partial charge in [0, 0.05) is 29.5 Å². The third kappa shape index (κ3) is 3.50. The average Bonchev–Trinajstić information content (AvgIpc) is 2.95. The molecule has 0 radical (unpaired) electrons. The molecule has 2 aromatic carbocycles. The van der Waals surface area contributed by atoms with Crippen molar-refractivity contribution in [2.24, 2.45) is 0 Å². The van der Waals surface area contributed by atoms with Crippen LogP contribution in [0.15, 0.2) is 60.8 Å². The number of rotatable bonds is 5. The fraction of sp³-hybridized carbons (Fsp3) is 0.208. The summed E-state index contributed by atoms with van der Waals surface area (Å²) < 4.78 is 15.5. The zero-order chi connectivity index (χ0) is 19.7. The molecule has 0 bridgehead atoms. The van der Waals surface area contributed by atoms with Crippen molar-refractivity contribution in [2.75, 3.05) is 5.32 Å². The van der Waals surface area contributed by atoms with E-state index >= 15 is 0 Å². The summed E-state index contributed by atoms with van der Waals surface area (Å²) in [6.45, 7) is 7.83. The average molecular weight is 373 g/mol. The number of hydrogen-bond donors (Lipinski definition) is 1. The number of anilines is 1. The van der Waals surface area contributed by atoms with Crippen molar-refractivity contribution < 1.29 is 4.39 Å². The first kappa shape index (κ1) is 18.2. The molecule has 3 nitrogen and oxygen atoms in total. The number of aromatic nitrogens is 2. The Morgan fingerprint density at radius 1 is 0.929 bits per heavy atom. The van der Waals surface area contributed by atoms with E-state index in [4.69, 9.17) is 0 Å². The number of nitrogens with zero attached hydrogens (tertiary/aromatic N) is 2. The van der Waals surface area contributed by atoms with E-state index in [1.165, 1.54) is 39.9 Å². The van der Waals surface area contributed by atoms with Gasteiger partial charge in [0.25, 0.3) is 0 Å². The van der Waals surface area contributed by atoms with E-state index in [1.54, 1.807) is 12.1 Å². The molecule has 1 N–H and O–H groups in total. The first-order valence-corrected chi connectivity index (χ1v) is 9.51. The Bertz CT molecular complexity index is 1110. The maximum Gasteiger partial charge on any atom is 0.123 e. The number of benzene rings is 2. The van der Waals surface area contributed by atoms with Crippen LogP contribution in [0.1, 0.15) is 28.1 Å². The van der Waals surface area contributed by atoms with Crippen LogP contribution >= 0.6 is 0 Å². The Labute approximate surface area is 164 Å². The standard InChI is InChI=1S/C24H24FN3/c1-16-4-6-19(7-5-16)15-28-18(3)17(2)22-12-13-26-23(24(22)28)14-27-21-10-8-20(25)9-11-21/h4-13,27H,14-15H2,1-3H3. The number of aryl methyl sites for hydroxylation is 2. The lowest BCUT2D eigenvalue weighted by atomic mass is 10.1. The van der Waals surface area contributed by atoms with E-state index in [2.05, 4.69) is 66.0 Å². The first-order chi connectivity index (χ1) is 13.5. The van der Waals surface area contributed by atoms with Crippen LogP contribution in [0.5, 0.6) is 0 Å². The lowest BCUT2D eigenvalue weighted by molar-refractivity contribution is 0.628. The Balaban J connectivity index is 1.71. The van der Waals surface area contributed by atoms with Crippen LogP contribution in [0.25, 0.3) is 10.9 Å². The van der Waals surface area contributed by atoms with Crippen molar-refractivity contribution in [2.45, 2.75) is 33.9 Å². The summed E-state index contributed by atoms with van der Waals surface area (Å²) in [5.74, 6) is -0.232. The highest BCUT2D eigenvalue weighted by molar-refractivity contribution is 5.87. The predicted octanol–water partition coefficient (Wildman–Crippen LogP) is 5.76. The molecule has 2 heterocycles. The molecule has 4 aromatic rings. The SMILES string of the molecule is Cc1ccc(Cn2c(C)c(C)c3ccnc(CNc4ccc(F)cc4)c32)cc1. The maximum atomic E-state index is 13.1. The third-order valence-corrected chi connectivity index (χ3v) is 5.39. The highest BCUT2D eigenvalue weighted by Crippen LogP contribution is 2.28. The van der Waals surface area contributed by atoms with Gasteiger partial charge in [-0.2, -0.15) is 0 Å². The van der Waals surface area contributed by atoms with Gasteiger partial charge in [-0.25, -0.2) is 4.39 Å². The summed E-state index contributed by atoms with van der Waals surface area (Å²) >= 11 is 0. The van der Waals surface area contributed by atoms with Gasteiger partial charge in [-0.15, -0.1) is 0 Å². The predicted molar refractivity (Wildman–Crippen MR) is 113 cm³/mol. The minimum Gasteiger partial charge on any atom is -0.379 e. The van der Waals surface area contributed by atoms with Gasteiger partial charge in [-0.1, -0.05) is 29.8 Å². The molecule has 28 heavy (non-hydrogen) atoms. The summed E-state index contributed by atoms with van der Waals surface area (Å²) in [5.41, 5.74) is 8.11. The van der Waals surface area contributed by atoms with Crippen molar-refractivity contribution in [1.82, 2.24) is 9.55 Å². The molecule has 0 aliphatic heterocycles.